The molecule has 2 N–H and O–H groups in total. The summed E-state index contributed by atoms with van der Waals surface area (Å²) in [6, 6.07) is 6.51. The largest absolute Gasteiger partial charge is 0.396 e. The van der Waals surface area contributed by atoms with Crippen molar-refractivity contribution in [2.45, 2.75) is 26.3 Å². The van der Waals surface area contributed by atoms with Crippen molar-refractivity contribution in [2.24, 2.45) is 5.92 Å². The van der Waals surface area contributed by atoms with E-state index in [1.54, 1.807) is 38.4 Å². The van der Waals surface area contributed by atoms with Gasteiger partial charge in [0, 0.05) is 37.9 Å². The van der Waals surface area contributed by atoms with Gasteiger partial charge < -0.3 is 15.3 Å². The highest BCUT2D eigenvalue weighted by Gasteiger charge is 2.17. The maximum absolute atomic E-state index is 12.2. The number of rotatable bonds is 6. The number of benzene rings is 1. The lowest BCUT2D eigenvalue weighted by Crippen LogP contribution is -2.39. The van der Waals surface area contributed by atoms with Gasteiger partial charge in [0.15, 0.2) is 0 Å². The van der Waals surface area contributed by atoms with E-state index in [4.69, 9.17) is 5.11 Å². The van der Waals surface area contributed by atoms with Gasteiger partial charge in [-0.15, -0.1) is 0 Å². The van der Waals surface area contributed by atoms with E-state index in [1.165, 1.54) is 4.90 Å². The monoisotopic (exact) mass is 292 g/mol. The first-order chi connectivity index (χ1) is 9.86. The van der Waals surface area contributed by atoms with Crippen molar-refractivity contribution in [3.63, 3.8) is 0 Å². The molecule has 1 aromatic carbocycles. The molecule has 2 amide bonds. The minimum atomic E-state index is -0.189. The lowest BCUT2D eigenvalue weighted by atomic mass is 10.0. The Morgan fingerprint density at radius 2 is 1.67 bits per heavy atom. The van der Waals surface area contributed by atoms with Gasteiger partial charge in [-0.3, -0.25) is 9.59 Å². The SMILES string of the molecule is CC(C)C(CCO)NC(=O)c1ccc(C(=O)N(C)C)cc1. The van der Waals surface area contributed by atoms with E-state index < -0.39 is 0 Å². The van der Waals surface area contributed by atoms with Crippen LogP contribution in [0.15, 0.2) is 24.3 Å². The lowest BCUT2D eigenvalue weighted by molar-refractivity contribution is 0.0826. The molecule has 0 fully saturated rings. The Balaban J connectivity index is 2.77. The summed E-state index contributed by atoms with van der Waals surface area (Å²) in [5.41, 5.74) is 1.06. The number of nitrogens with one attached hydrogen (secondary N) is 1. The third-order valence-corrected chi connectivity index (χ3v) is 3.36. The number of hydrogen-bond donors (Lipinski definition) is 2. The molecular formula is C16H24N2O3. The molecule has 5 nitrogen and oxygen atoms in total. The van der Waals surface area contributed by atoms with E-state index in [2.05, 4.69) is 5.32 Å². The van der Waals surface area contributed by atoms with Crippen molar-refractivity contribution in [3.8, 4) is 0 Å². The second kappa shape index (κ2) is 7.78. The number of hydrogen-bond acceptors (Lipinski definition) is 3. The molecule has 0 saturated heterocycles. The number of amides is 2. The lowest BCUT2D eigenvalue weighted by Gasteiger charge is -2.21. The summed E-state index contributed by atoms with van der Waals surface area (Å²) in [6.45, 7) is 4.04. The van der Waals surface area contributed by atoms with E-state index in [1.807, 2.05) is 13.8 Å². The summed E-state index contributed by atoms with van der Waals surface area (Å²) in [7, 11) is 3.37. The van der Waals surface area contributed by atoms with Crippen molar-refractivity contribution in [2.75, 3.05) is 20.7 Å². The average molecular weight is 292 g/mol. The third kappa shape index (κ3) is 4.86. The number of carbonyl (C=O) groups is 2. The number of carbonyl (C=O) groups excluding carboxylic acids is 2. The van der Waals surface area contributed by atoms with Crippen LogP contribution in [0, 0.1) is 5.92 Å². The highest BCUT2D eigenvalue weighted by molar-refractivity contribution is 5.97. The molecule has 0 saturated carbocycles. The van der Waals surface area contributed by atoms with Gasteiger partial charge in [0.1, 0.15) is 0 Å². The van der Waals surface area contributed by atoms with E-state index in [0.29, 0.717) is 17.5 Å². The molecule has 21 heavy (non-hydrogen) atoms. The normalized spacial score (nSPS) is 12.1. The van der Waals surface area contributed by atoms with Gasteiger partial charge in [-0.2, -0.15) is 0 Å². The fraction of sp³-hybridized carbons (Fsp3) is 0.500. The van der Waals surface area contributed by atoms with E-state index in [9.17, 15) is 9.59 Å². The smallest absolute Gasteiger partial charge is 0.253 e. The van der Waals surface area contributed by atoms with E-state index in [0.717, 1.165) is 0 Å². The topological polar surface area (TPSA) is 69.6 Å². The molecule has 0 radical (unpaired) electrons. The fourth-order valence-corrected chi connectivity index (χ4v) is 1.99. The van der Waals surface area contributed by atoms with Gasteiger partial charge >= 0.3 is 0 Å². The summed E-state index contributed by atoms with van der Waals surface area (Å²) < 4.78 is 0. The molecule has 1 aromatic rings. The third-order valence-electron chi connectivity index (χ3n) is 3.36. The summed E-state index contributed by atoms with van der Waals surface area (Å²) >= 11 is 0. The van der Waals surface area contributed by atoms with Crippen molar-refractivity contribution < 1.29 is 14.7 Å². The van der Waals surface area contributed by atoms with Gasteiger partial charge in [-0.05, 0) is 36.6 Å². The Morgan fingerprint density at radius 1 is 1.14 bits per heavy atom. The second-order valence-electron chi connectivity index (χ2n) is 5.61. The number of nitrogens with zero attached hydrogens (tertiary/aromatic N) is 1. The van der Waals surface area contributed by atoms with Crippen LogP contribution in [0.5, 0.6) is 0 Å². The van der Waals surface area contributed by atoms with Crippen molar-refractivity contribution in [3.05, 3.63) is 35.4 Å². The minimum Gasteiger partial charge on any atom is -0.396 e. The Kier molecular flexibility index (Phi) is 6.37. The van der Waals surface area contributed by atoms with Gasteiger partial charge in [0.2, 0.25) is 0 Å². The van der Waals surface area contributed by atoms with Crippen LogP contribution in [0.1, 0.15) is 41.0 Å². The molecule has 1 rings (SSSR count). The molecule has 0 spiro atoms. The Morgan fingerprint density at radius 3 is 2.10 bits per heavy atom. The predicted octanol–water partition coefficient (Wildman–Crippen LogP) is 1.53. The predicted molar refractivity (Wildman–Crippen MR) is 82.3 cm³/mol. The quantitative estimate of drug-likeness (QED) is 0.835. The van der Waals surface area contributed by atoms with Gasteiger partial charge in [-0.1, -0.05) is 13.8 Å². The van der Waals surface area contributed by atoms with Gasteiger partial charge in [-0.25, -0.2) is 0 Å². The fourth-order valence-electron chi connectivity index (χ4n) is 1.99. The maximum Gasteiger partial charge on any atom is 0.253 e. The number of aliphatic hydroxyl groups is 1. The van der Waals surface area contributed by atoms with E-state index >= 15 is 0 Å². The van der Waals surface area contributed by atoms with Crippen molar-refractivity contribution in [1.29, 1.82) is 0 Å². The first kappa shape index (κ1) is 17.2. The molecule has 0 aliphatic heterocycles. The number of aliphatic hydroxyl groups excluding tert-OH is 1. The summed E-state index contributed by atoms with van der Waals surface area (Å²) in [5, 5.41) is 11.9. The summed E-state index contributed by atoms with van der Waals surface area (Å²) in [6.07, 6.45) is 0.528. The molecule has 0 aliphatic carbocycles. The van der Waals surface area contributed by atoms with Crippen LogP contribution in [0.4, 0.5) is 0 Å². The molecule has 0 bridgehead atoms. The molecule has 116 valence electrons. The maximum atomic E-state index is 12.2. The Bertz CT molecular complexity index is 481. The van der Waals surface area contributed by atoms with Gasteiger partial charge in [0.05, 0.1) is 0 Å². The molecular weight excluding hydrogens is 268 g/mol. The highest BCUT2D eigenvalue weighted by Crippen LogP contribution is 2.10. The Labute approximate surface area is 126 Å². The van der Waals surface area contributed by atoms with E-state index in [-0.39, 0.29) is 30.4 Å². The van der Waals surface area contributed by atoms with Crippen LogP contribution < -0.4 is 5.32 Å². The summed E-state index contributed by atoms with van der Waals surface area (Å²) in [5.74, 6) is -0.0380. The van der Waals surface area contributed by atoms with Crippen LogP contribution in [0.3, 0.4) is 0 Å². The average Bonchev–Trinajstić information content (AvgIpc) is 2.45. The minimum absolute atomic E-state index is 0.0411. The molecule has 5 heteroatoms. The van der Waals surface area contributed by atoms with Crippen molar-refractivity contribution >= 4 is 11.8 Å². The molecule has 1 unspecified atom stereocenters. The standard InChI is InChI=1S/C16H24N2O3/c1-11(2)14(9-10-19)17-15(20)12-5-7-13(8-6-12)16(21)18(3)4/h5-8,11,14,19H,9-10H2,1-4H3,(H,17,20). The van der Waals surface area contributed by atoms with Crippen LogP contribution in [-0.4, -0.2) is 48.6 Å². The van der Waals surface area contributed by atoms with Crippen molar-refractivity contribution in [1.82, 2.24) is 10.2 Å². The molecule has 1 atom stereocenters. The summed E-state index contributed by atoms with van der Waals surface area (Å²) in [4.78, 5) is 25.4. The molecule has 0 heterocycles. The van der Waals surface area contributed by atoms with Crippen LogP contribution in [-0.2, 0) is 0 Å². The van der Waals surface area contributed by atoms with Crippen LogP contribution >= 0.6 is 0 Å². The molecule has 0 aliphatic rings. The first-order valence-corrected chi connectivity index (χ1v) is 7.10. The van der Waals surface area contributed by atoms with Crippen LogP contribution in [0.25, 0.3) is 0 Å². The zero-order valence-corrected chi connectivity index (χ0v) is 13.1. The first-order valence-electron chi connectivity index (χ1n) is 7.10. The second-order valence-corrected chi connectivity index (χ2v) is 5.61. The zero-order valence-electron chi connectivity index (χ0n) is 13.1. The molecule has 0 aromatic heterocycles. The highest BCUT2D eigenvalue weighted by atomic mass is 16.3. The Hall–Kier alpha value is -1.88. The zero-order chi connectivity index (χ0) is 16.0. The van der Waals surface area contributed by atoms with Gasteiger partial charge in [0.25, 0.3) is 11.8 Å². The van der Waals surface area contributed by atoms with Crippen LogP contribution in [0.2, 0.25) is 0 Å².